The number of nitrogens with zero attached hydrogens (tertiary/aromatic N) is 1. The van der Waals surface area contributed by atoms with Gasteiger partial charge in [0.1, 0.15) is 0 Å². The Morgan fingerprint density at radius 1 is 0.800 bits per heavy atom. The SMILES string of the molecule is CCN(CC)CC.[Cl-].[Cl-].[Mg+2]. The maximum Gasteiger partial charge on any atom is 2.00 e. The van der Waals surface area contributed by atoms with Crippen LogP contribution in [0.1, 0.15) is 20.8 Å². The zero-order valence-corrected chi connectivity index (χ0v) is 9.96. The zero-order chi connectivity index (χ0) is 5.70. The predicted octanol–water partition coefficient (Wildman–Crippen LogP) is -5.02. The summed E-state index contributed by atoms with van der Waals surface area (Å²) >= 11 is 0. The second kappa shape index (κ2) is 16.7. The molecule has 4 heteroatoms. The summed E-state index contributed by atoms with van der Waals surface area (Å²) in [5.41, 5.74) is 0. The summed E-state index contributed by atoms with van der Waals surface area (Å²) in [6.45, 7) is 10.1. The second-order valence-electron chi connectivity index (χ2n) is 1.62. The number of halogens is 2. The second-order valence-corrected chi connectivity index (χ2v) is 1.62. The normalized spacial score (nSPS) is 7.20. The van der Waals surface area contributed by atoms with Crippen molar-refractivity contribution in [3.8, 4) is 0 Å². The van der Waals surface area contributed by atoms with E-state index in [1.165, 1.54) is 19.6 Å². The summed E-state index contributed by atoms with van der Waals surface area (Å²) in [6, 6.07) is 0. The van der Waals surface area contributed by atoms with Gasteiger partial charge in [0.15, 0.2) is 0 Å². The fourth-order valence-corrected chi connectivity index (χ4v) is 0.671. The van der Waals surface area contributed by atoms with Gasteiger partial charge in [0.05, 0.1) is 0 Å². The monoisotopic (exact) mass is 195 g/mol. The first kappa shape index (κ1) is 22.5. The van der Waals surface area contributed by atoms with Crippen molar-refractivity contribution in [2.24, 2.45) is 0 Å². The van der Waals surface area contributed by atoms with Crippen LogP contribution >= 0.6 is 0 Å². The van der Waals surface area contributed by atoms with Gasteiger partial charge in [0, 0.05) is 0 Å². The molecule has 0 saturated heterocycles. The van der Waals surface area contributed by atoms with Gasteiger partial charge in [-0.2, -0.15) is 0 Å². The van der Waals surface area contributed by atoms with E-state index in [4.69, 9.17) is 0 Å². The van der Waals surface area contributed by atoms with Crippen LogP contribution in [0, 0.1) is 0 Å². The molecule has 0 fully saturated rings. The molecule has 0 bridgehead atoms. The fourth-order valence-electron chi connectivity index (χ4n) is 0.671. The maximum absolute atomic E-state index is 2.38. The third kappa shape index (κ3) is 12.0. The van der Waals surface area contributed by atoms with Crippen molar-refractivity contribution in [1.29, 1.82) is 0 Å². The summed E-state index contributed by atoms with van der Waals surface area (Å²) in [7, 11) is 0. The van der Waals surface area contributed by atoms with Gasteiger partial charge in [-0.25, -0.2) is 0 Å². The van der Waals surface area contributed by atoms with Crippen LogP contribution < -0.4 is 24.8 Å². The first-order chi connectivity index (χ1) is 3.35. The minimum Gasteiger partial charge on any atom is -1.00 e. The molecule has 0 aromatic carbocycles. The summed E-state index contributed by atoms with van der Waals surface area (Å²) in [5.74, 6) is 0. The summed E-state index contributed by atoms with van der Waals surface area (Å²) in [5, 5.41) is 0. The van der Waals surface area contributed by atoms with Crippen molar-refractivity contribution in [2.45, 2.75) is 20.8 Å². The third-order valence-corrected chi connectivity index (χ3v) is 1.34. The Hall–Kier alpha value is 1.31. The summed E-state index contributed by atoms with van der Waals surface area (Å²) < 4.78 is 0. The van der Waals surface area contributed by atoms with E-state index in [-0.39, 0.29) is 47.9 Å². The van der Waals surface area contributed by atoms with Gasteiger partial charge in [0.2, 0.25) is 0 Å². The van der Waals surface area contributed by atoms with Crippen LogP contribution in [0.25, 0.3) is 0 Å². The van der Waals surface area contributed by atoms with Gasteiger partial charge < -0.3 is 29.7 Å². The quantitative estimate of drug-likeness (QED) is 0.409. The molecule has 0 unspecified atom stereocenters. The Bertz CT molecular complexity index is 37.2. The molecule has 0 N–H and O–H groups in total. The molecule has 0 aliphatic heterocycles. The number of hydrogen-bond acceptors (Lipinski definition) is 1. The molecule has 60 valence electrons. The van der Waals surface area contributed by atoms with Gasteiger partial charge in [-0.05, 0) is 19.6 Å². The topological polar surface area (TPSA) is 3.24 Å². The van der Waals surface area contributed by atoms with E-state index in [9.17, 15) is 0 Å². The number of rotatable bonds is 3. The Labute approximate surface area is 92.9 Å². The molecule has 0 atom stereocenters. The first-order valence-electron chi connectivity index (χ1n) is 3.07. The Balaban J connectivity index is -0.0000000600. The van der Waals surface area contributed by atoms with E-state index in [2.05, 4.69) is 25.7 Å². The minimum atomic E-state index is 0. The van der Waals surface area contributed by atoms with E-state index in [1.807, 2.05) is 0 Å². The van der Waals surface area contributed by atoms with Gasteiger partial charge in [-0.15, -0.1) is 0 Å². The third-order valence-electron chi connectivity index (χ3n) is 1.34. The molecule has 0 radical (unpaired) electrons. The van der Waals surface area contributed by atoms with Crippen LogP contribution in [0.4, 0.5) is 0 Å². The average Bonchev–Trinajstić information content (AvgIpc) is 1.72. The Kier molecular flexibility index (Phi) is 37.6. The zero-order valence-electron chi connectivity index (χ0n) is 7.03. The van der Waals surface area contributed by atoms with Crippen LogP contribution in [0.2, 0.25) is 0 Å². The van der Waals surface area contributed by atoms with E-state index in [1.54, 1.807) is 0 Å². The van der Waals surface area contributed by atoms with Crippen LogP contribution in [0.5, 0.6) is 0 Å². The van der Waals surface area contributed by atoms with Crippen molar-refractivity contribution < 1.29 is 24.8 Å². The Morgan fingerprint density at radius 3 is 1.00 bits per heavy atom. The van der Waals surface area contributed by atoms with Gasteiger partial charge in [0.25, 0.3) is 0 Å². The van der Waals surface area contributed by atoms with Gasteiger partial charge in [-0.3, -0.25) is 0 Å². The van der Waals surface area contributed by atoms with E-state index in [0.29, 0.717) is 0 Å². The molecule has 0 heterocycles. The molecule has 0 rings (SSSR count). The van der Waals surface area contributed by atoms with Gasteiger partial charge >= 0.3 is 23.1 Å². The summed E-state index contributed by atoms with van der Waals surface area (Å²) in [6.07, 6.45) is 0. The van der Waals surface area contributed by atoms with Crippen molar-refractivity contribution >= 4 is 23.1 Å². The van der Waals surface area contributed by atoms with Crippen molar-refractivity contribution in [3.63, 3.8) is 0 Å². The number of hydrogen-bond donors (Lipinski definition) is 0. The van der Waals surface area contributed by atoms with Crippen molar-refractivity contribution in [2.75, 3.05) is 19.6 Å². The van der Waals surface area contributed by atoms with Crippen LogP contribution in [-0.4, -0.2) is 47.6 Å². The van der Waals surface area contributed by atoms with E-state index in [0.717, 1.165) is 0 Å². The van der Waals surface area contributed by atoms with Crippen LogP contribution in [0.15, 0.2) is 0 Å². The molecule has 0 aromatic heterocycles. The largest absolute Gasteiger partial charge is 2.00 e. The first-order valence-corrected chi connectivity index (χ1v) is 3.07. The molecule has 0 aliphatic rings. The molecule has 0 saturated carbocycles. The fraction of sp³-hybridized carbons (Fsp3) is 1.00. The van der Waals surface area contributed by atoms with Gasteiger partial charge in [-0.1, -0.05) is 20.8 Å². The molecule has 0 amide bonds. The molecule has 10 heavy (non-hydrogen) atoms. The standard InChI is InChI=1S/C6H15N.2ClH.Mg/c1-4-7(5-2)6-3;;;/h4-6H2,1-3H3;2*1H;/q;;;+2/p-2. The predicted molar refractivity (Wildman–Crippen MR) is 39.2 cm³/mol. The van der Waals surface area contributed by atoms with Crippen LogP contribution in [-0.2, 0) is 0 Å². The van der Waals surface area contributed by atoms with Crippen molar-refractivity contribution in [1.82, 2.24) is 4.90 Å². The maximum atomic E-state index is 2.38. The minimum absolute atomic E-state index is 0. The average molecular weight is 196 g/mol. The molecular weight excluding hydrogens is 181 g/mol. The smallest absolute Gasteiger partial charge is 1.00 e. The molecule has 0 aromatic rings. The van der Waals surface area contributed by atoms with Crippen LogP contribution in [0.3, 0.4) is 0 Å². The summed E-state index contributed by atoms with van der Waals surface area (Å²) in [4.78, 5) is 2.38. The molecular formula is C6H15Cl2MgN. The Morgan fingerprint density at radius 2 is 1.00 bits per heavy atom. The van der Waals surface area contributed by atoms with Crippen molar-refractivity contribution in [3.05, 3.63) is 0 Å². The van der Waals surface area contributed by atoms with E-state index < -0.39 is 0 Å². The molecule has 1 nitrogen and oxygen atoms in total. The molecule has 0 spiro atoms. The van der Waals surface area contributed by atoms with E-state index >= 15 is 0 Å². The molecule has 0 aliphatic carbocycles.